The third-order valence-corrected chi connectivity index (χ3v) is 14.1. The van der Waals surface area contributed by atoms with Crippen LogP contribution in [0.25, 0.3) is 10.4 Å². The van der Waals surface area contributed by atoms with Crippen molar-refractivity contribution in [1.82, 2.24) is 14.9 Å². The van der Waals surface area contributed by atoms with Gasteiger partial charge in [0.1, 0.15) is 23.2 Å². The second-order valence-electron chi connectivity index (χ2n) is 16.4. The van der Waals surface area contributed by atoms with E-state index in [0.717, 1.165) is 104 Å². The number of rotatable bonds is 11. The zero-order chi connectivity index (χ0) is 35.8. The molecular formula is C41H54N4O5S. The van der Waals surface area contributed by atoms with Gasteiger partial charge in [-0.25, -0.2) is 14.8 Å². The molecule has 10 heteroatoms. The Hall–Kier alpha value is -3.50. The highest BCUT2D eigenvalue weighted by atomic mass is 32.1. The van der Waals surface area contributed by atoms with Crippen molar-refractivity contribution in [2.45, 2.75) is 115 Å². The fraction of sp³-hybridized carbons (Fsp3) is 0.610. The zero-order valence-electron chi connectivity index (χ0n) is 30.8. The van der Waals surface area contributed by atoms with E-state index >= 15 is 0 Å². The van der Waals surface area contributed by atoms with Gasteiger partial charge in [0.05, 0.1) is 30.1 Å². The molecule has 9 nitrogen and oxygen atoms in total. The molecule has 1 atom stereocenters. The number of hydrogen-bond donors (Lipinski definition) is 1. The first-order valence-electron chi connectivity index (χ1n) is 19.0. The minimum Gasteiger partial charge on any atom is -0.496 e. The zero-order valence-corrected chi connectivity index (χ0v) is 31.6. The van der Waals surface area contributed by atoms with Gasteiger partial charge in [-0.1, -0.05) is 45.2 Å². The molecule has 5 aliphatic rings. The number of anilines is 1. The monoisotopic (exact) mass is 714 g/mol. The molecule has 1 N–H and O–H groups in total. The van der Waals surface area contributed by atoms with Gasteiger partial charge in [-0.15, -0.1) is 11.3 Å². The van der Waals surface area contributed by atoms with Crippen LogP contribution in [-0.2, 0) is 20.4 Å². The molecule has 51 heavy (non-hydrogen) atoms. The molecule has 5 fully saturated rings. The first-order valence-corrected chi connectivity index (χ1v) is 19.8. The summed E-state index contributed by atoms with van der Waals surface area (Å²) >= 11 is 1.59. The summed E-state index contributed by atoms with van der Waals surface area (Å²) in [5.41, 5.74) is 3.44. The molecule has 0 radical (unpaired) electrons. The van der Waals surface area contributed by atoms with Crippen molar-refractivity contribution in [3.05, 3.63) is 58.9 Å². The number of likely N-dealkylation sites (tertiary alicyclic amines) is 1. The number of aliphatic hydroxyl groups is 1. The van der Waals surface area contributed by atoms with Gasteiger partial charge in [0.15, 0.2) is 0 Å². The number of thiazole rings is 1. The first-order chi connectivity index (χ1) is 24.6. The fourth-order valence-corrected chi connectivity index (χ4v) is 10.0. The summed E-state index contributed by atoms with van der Waals surface area (Å²) < 4.78 is 11.2. The van der Waals surface area contributed by atoms with Gasteiger partial charge < -0.3 is 19.5 Å². The molecule has 1 aliphatic heterocycles. The number of fused-ring (bicyclic) bond motifs is 3. The molecule has 274 valence electrons. The standard InChI is InChI=1S/C41H54N4O5S/c1-28-22-31(10-11-33(28)49-4)41-17-14-40(15-18-41,16-19-41)26-45(36(47)29-8-6-5-7-9-29)35-23-30(12-20-42-35)34-24-43-37(51-34)39(2,3)27-50-38(48)44-21-13-32(44)25-46/h10-12,20,22-24,29,32,46H,5-9,13-19,21,25-27H2,1-4H3/t32-,40?,41?/m0/s1. The lowest BCUT2D eigenvalue weighted by atomic mass is 9.51. The number of pyridine rings is 1. The molecule has 0 spiro atoms. The van der Waals surface area contributed by atoms with Gasteiger partial charge in [0, 0.05) is 31.4 Å². The second-order valence-corrected chi connectivity index (χ2v) is 17.4. The number of benzene rings is 1. The molecular weight excluding hydrogens is 661 g/mol. The summed E-state index contributed by atoms with van der Waals surface area (Å²) in [6.07, 6.45) is 16.3. The van der Waals surface area contributed by atoms with E-state index in [9.17, 15) is 14.7 Å². The SMILES string of the molecule is COc1ccc(C23CCC(CN(C(=O)C4CCCCC4)c4cc(-c5cnc(C(C)(C)COC(=O)N6CC[C@H]6CO)s5)ccn4)(CC2)CC3)cc1C. The maximum Gasteiger partial charge on any atom is 0.410 e. The number of aromatic nitrogens is 2. The quantitative estimate of drug-likeness (QED) is 0.214. The van der Waals surface area contributed by atoms with Crippen LogP contribution in [0.3, 0.4) is 0 Å². The van der Waals surface area contributed by atoms with Crippen LogP contribution < -0.4 is 9.64 Å². The molecule has 4 aliphatic carbocycles. The van der Waals surface area contributed by atoms with Gasteiger partial charge in [-0.2, -0.15) is 0 Å². The maximum atomic E-state index is 14.5. The van der Waals surface area contributed by atoms with Crippen molar-refractivity contribution in [2.75, 3.05) is 38.3 Å². The van der Waals surface area contributed by atoms with Gasteiger partial charge >= 0.3 is 6.09 Å². The number of carbonyl (C=O) groups is 2. The Labute approximate surface area is 306 Å². The van der Waals surface area contributed by atoms with Crippen molar-refractivity contribution >= 4 is 29.2 Å². The molecule has 0 unspecified atom stereocenters. The van der Waals surface area contributed by atoms with Gasteiger partial charge in [-0.05, 0) is 110 Å². The van der Waals surface area contributed by atoms with Gasteiger partial charge in [-0.3, -0.25) is 9.69 Å². The Morgan fingerprint density at radius 1 is 1.02 bits per heavy atom. The van der Waals surface area contributed by atoms with E-state index in [-0.39, 0.29) is 48.0 Å². The summed E-state index contributed by atoms with van der Waals surface area (Å²) in [5, 5.41) is 10.3. The van der Waals surface area contributed by atoms with Crippen LogP contribution in [0.5, 0.6) is 5.75 Å². The summed E-state index contributed by atoms with van der Waals surface area (Å²) in [7, 11) is 1.74. The third kappa shape index (κ3) is 7.15. The van der Waals surface area contributed by atoms with E-state index < -0.39 is 5.41 Å². The minimum absolute atomic E-state index is 0.0437. The predicted molar refractivity (Wildman–Crippen MR) is 200 cm³/mol. The smallest absolute Gasteiger partial charge is 0.410 e. The first kappa shape index (κ1) is 35.9. The van der Waals surface area contributed by atoms with Crippen molar-refractivity contribution in [3.8, 4) is 16.2 Å². The van der Waals surface area contributed by atoms with Crippen LogP contribution in [0.15, 0.2) is 42.7 Å². The van der Waals surface area contributed by atoms with Crippen molar-refractivity contribution in [2.24, 2.45) is 11.3 Å². The van der Waals surface area contributed by atoms with Crippen LogP contribution >= 0.6 is 11.3 Å². The summed E-state index contributed by atoms with van der Waals surface area (Å²) in [5.74, 6) is 1.97. The molecule has 1 aromatic carbocycles. The molecule has 3 heterocycles. The second kappa shape index (κ2) is 14.5. The van der Waals surface area contributed by atoms with Crippen LogP contribution in [-0.4, -0.2) is 71.4 Å². The van der Waals surface area contributed by atoms with Crippen molar-refractivity contribution < 1.29 is 24.2 Å². The van der Waals surface area contributed by atoms with Gasteiger partial charge in [0.2, 0.25) is 5.91 Å². The van der Waals surface area contributed by atoms with Crippen LogP contribution in [0.1, 0.15) is 107 Å². The summed E-state index contributed by atoms with van der Waals surface area (Å²) in [4.78, 5) is 41.3. The number of aliphatic hydroxyl groups excluding tert-OH is 1. The van der Waals surface area contributed by atoms with E-state index in [1.54, 1.807) is 23.3 Å². The average molecular weight is 715 g/mol. The molecule has 2 bridgehead atoms. The van der Waals surface area contributed by atoms with E-state index in [0.29, 0.717) is 6.54 Å². The maximum absolute atomic E-state index is 14.5. The van der Waals surface area contributed by atoms with E-state index in [2.05, 4.69) is 36.1 Å². The van der Waals surface area contributed by atoms with Crippen LogP contribution in [0.2, 0.25) is 0 Å². The molecule has 2 amide bonds. The average Bonchev–Trinajstić information content (AvgIpc) is 3.66. The highest BCUT2D eigenvalue weighted by Gasteiger charge is 2.51. The summed E-state index contributed by atoms with van der Waals surface area (Å²) in [6.45, 7) is 7.68. The fourth-order valence-electron chi connectivity index (χ4n) is 9.02. The number of carbonyl (C=O) groups excluding carboxylic acids is 2. The number of aryl methyl sites for hydroxylation is 1. The van der Waals surface area contributed by atoms with Crippen molar-refractivity contribution in [3.63, 3.8) is 0 Å². The highest BCUT2D eigenvalue weighted by Crippen LogP contribution is 2.58. The minimum atomic E-state index is -0.488. The molecule has 8 rings (SSSR count). The number of hydrogen-bond acceptors (Lipinski definition) is 8. The lowest BCUT2D eigenvalue weighted by molar-refractivity contribution is -0.124. The molecule has 1 saturated heterocycles. The molecule has 2 aromatic heterocycles. The highest BCUT2D eigenvalue weighted by molar-refractivity contribution is 7.15. The van der Waals surface area contributed by atoms with E-state index in [4.69, 9.17) is 19.4 Å². The lowest BCUT2D eigenvalue weighted by Gasteiger charge is -2.55. The number of nitrogens with zero attached hydrogens (tertiary/aromatic N) is 4. The van der Waals surface area contributed by atoms with Crippen molar-refractivity contribution in [1.29, 1.82) is 0 Å². The van der Waals surface area contributed by atoms with Crippen LogP contribution in [0, 0.1) is 18.3 Å². The Balaban J connectivity index is 1.09. The normalized spacial score (nSPS) is 25.0. The Morgan fingerprint density at radius 3 is 2.41 bits per heavy atom. The van der Waals surface area contributed by atoms with Crippen LogP contribution in [0.4, 0.5) is 10.6 Å². The number of methoxy groups -OCH3 is 1. The van der Waals surface area contributed by atoms with E-state index in [1.165, 1.54) is 17.5 Å². The lowest BCUT2D eigenvalue weighted by Crippen LogP contribution is -2.53. The summed E-state index contributed by atoms with van der Waals surface area (Å²) in [6, 6.07) is 10.7. The Morgan fingerprint density at radius 2 is 1.76 bits per heavy atom. The van der Waals surface area contributed by atoms with E-state index in [1.807, 2.05) is 32.3 Å². The third-order valence-electron chi connectivity index (χ3n) is 12.7. The predicted octanol–water partition coefficient (Wildman–Crippen LogP) is 8.21. The number of ether oxygens (including phenoxy) is 2. The molecule has 3 aromatic rings. The topological polar surface area (TPSA) is 105 Å². The van der Waals surface area contributed by atoms with Gasteiger partial charge in [0.25, 0.3) is 0 Å². The number of amides is 2. The molecule has 4 saturated carbocycles. The Bertz CT molecular complexity index is 1710. The largest absolute Gasteiger partial charge is 0.496 e. The Kier molecular flexibility index (Phi) is 10.2.